The van der Waals surface area contributed by atoms with E-state index in [1.165, 1.54) is 5.57 Å². The Balaban J connectivity index is 1.47. The van der Waals surface area contributed by atoms with Gasteiger partial charge in [0.2, 0.25) is 5.91 Å². The first kappa shape index (κ1) is 43.2. The summed E-state index contributed by atoms with van der Waals surface area (Å²) in [5.74, 6) is 2.04. The highest BCUT2D eigenvalue weighted by Gasteiger charge is 2.44. The van der Waals surface area contributed by atoms with E-state index >= 15 is 0 Å². The molecule has 0 bridgehead atoms. The van der Waals surface area contributed by atoms with Crippen LogP contribution < -0.4 is 11.1 Å². The van der Waals surface area contributed by atoms with Crippen molar-refractivity contribution in [1.82, 2.24) is 5.32 Å². The molecular formula is C39H68N2O9Si. The van der Waals surface area contributed by atoms with E-state index in [0.29, 0.717) is 69.0 Å². The third-order valence-corrected chi connectivity index (χ3v) is 15.6. The minimum Gasteiger partial charge on any atom is -0.462 e. The molecule has 0 unspecified atom stereocenters. The summed E-state index contributed by atoms with van der Waals surface area (Å²) in [5.41, 5.74) is 6.23. The van der Waals surface area contributed by atoms with Crippen LogP contribution in [0.5, 0.6) is 0 Å². The number of hydrogen-bond acceptors (Lipinski definition) is 9. The highest BCUT2D eigenvalue weighted by Crippen LogP contribution is 2.50. The standard InChI is InChI=1S/C39H68N2O9Si/c1-27-20-29-11-10-28(2)33(13-12-31-22-32(23-35(43)49-31)50-51(8,9)38(3,4)5)36(29)30(21-27)24-39(6,7)26-41-34(42)25-47-17-16-45-14-15-46-18-19-48-37(40)44/h10-11,20,27-28,30-33,36H,12-19,21-26H2,1-9H3,(H2,40,44)(H,41,42)/t27-,28-,30-,31+,32+,33-,36+/m0/s1. The molecule has 0 radical (unpaired) electrons. The van der Waals surface area contributed by atoms with Gasteiger partial charge in [0.25, 0.3) is 0 Å². The summed E-state index contributed by atoms with van der Waals surface area (Å²) in [6.45, 7) is 22.6. The van der Waals surface area contributed by atoms with Crippen LogP contribution in [0.15, 0.2) is 23.8 Å². The third kappa shape index (κ3) is 14.6. The number of primary amides is 1. The molecule has 3 N–H and O–H groups in total. The fourth-order valence-electron chi connectivity index (χ4n) is 7.61. The molecule has 0 aromatic heterocycles. The van der Waals surface area contributed by atoms with Crippen LogP contribution in [0.25, 0.3) is 0 Å². The zero-order valence-corrected chi connectivity index (χ0v) is 33.9. The van der Waals surface area contributed by atoms with Crippen molar-refractivity contribution in [3.8, 4) is 0 Å². The number of carbonyl (C=O) groups excluding carboxylic acids is 3. The number of allylic oxidation sites excluding steroid dienone is 4. The largest absolute Gasteiger partial charge is 0.462 e. The van der Waals surface area contributed by atoms with Crippen molar-refractivity contribution in [2.24, 2.45) is 40.7 Å². The predicted octanol–water partition coefficient (Wildman–Crippen LogP) is 6.56. The molecule has 1 saturated heterocycles. The first-order valence-corrected chi connectivity index (χ1v) is 22.0. The van der Waals surface area contributed by atoms with Crippen molar-refractivity contribution in [3.63, 3.8) is 0 Å². The molecule has 2 amide bonds. The Bertz CT molecular complexity index is 1200. The molecule has 3 rings (SSSR count). The molecule has 12 heteroatoms. The second-order valence-electron chi connectivity index (χ2n) is 17.3. The minimum atomic E-state index is -1.99. The molecular weight excluding hydrogens is 669 g/mol. The van der Waals surface area contributed by atoms with E-state index < -0.39 is 14.4 Å². The Morgan fingerprint density at radius 1 is 0.961 bits per heavy atom. The van der Waals surface area contributed by atoms with Gasteiger partial charge in [0.1, 0.15) is 19.3 Å². The van der Waals surface area contributed by atoms with E-state index in [2.05, 4.69) is 89.8 Å². The van der Waals surface area contributed by atoms with Crippen LogP contribution in [-0.4, -0.2) is 91.3 Å². The summed E-state index contributed by atoms with van der Waals surface area (Å²) in [5, 5.41) is 3.19. The summed E-state index contributed by atoms with van der Waals surface area (Å²) < 4.78 is 33.4. The highest BCUT2D eigenvalue weighted by atomic mass is 28.4. The maximum absolute atomic E-state index is 12.7. The number of nitrogens with two attached hydrogens (primary N) is 1. The van der Waals surface area contributed by atoms with Gasteiger partial charge in [-0.1, -0.05) is 66.7 Å². The molecule has 0 saturated carbocycles. The lowest BCUT2D eigenvalue weighted by molar-refractivity contribution is -0.160. The summed E-state index contributed by atoms with van der Waals surface area (Å²) in [7, 11) is -1.99. The topological polar surface area (TPSA) is 145 Å². The lowest BCUT2D eigenvalue weighted by atomic mass is 9.59. The lowest BCUT2D eigenvalue weighted by Gasteiger charge is -2.46. The highest BCUT2D eigenvalue weighted by molar-refractivity contribution is 6.74. The number of nitrogens with one attached hydrogen (secondary N) is 1. The van der Waals surface area contributed by atoms with Crippen molar-refractivity contribution < 1.29 is 42.5 Å². The summed E-state index contributed by atoms with van der Waals surface area (Å²) in [4.78, 5) is 35.9. The van der Waals surface area contributed by atoms with E-state index in [-0.39, 0.29) is 54.4 Å². The number of cyclic esters (lactones) is 1. The van der Waals surface area contributed by atoms with Crippen LogP contribution in [0.1, 0.15) is 87.0 Å². The third-order valence-electron chi connectivity index (χ3n) is 11.1. The molecule has 1 aliphatic heterocycles. The van der Waals surface area contributed by atoms with Gasteiger partial charge in [0.05, 0.1) is 45.6 Å². The zero-order chi connectivity index (χ0) is 37.8. The first-order valence-electron chi connectivity index (χ1n) is 19.1. The minimum absolute atomic E-state index is 0.0196. The molecule has 3 aliphatic rings. The Kier molecular flexibility index (Phi) is 16.7. The second kappa shape index (κ2) is 19.7. The van der Waals surface area contributed by atoms with E-state index in [1.807, 2.05) is 0 Å². The van der Waals surface area contributed by atoms with Gasteiger partial charge in [-0.25, -0.2) is 4.79 Å². The quantitative estimate of drug-likeness (QED) is 0.0807. The molecule has 1 heterocycles. The van der Waals surface area contributed by atoms with Crippen molar-refractivity contribution in [3.05, 3.63) is 23.8 Å². The van der Waals surface area contributed by atoms with Gasteiger partial charge in [-0.3, -0.25) is 9.59 Å². The van der Waals surface area contributed by atoms with Gasteiger partial charge >= 0.3 is 12.1 Å². The number of amides is 2. The molecule has 7 atom stereocenters. The summed E-state index contributed by atoms with van der Waals surface area (Å²) in [6, 6.07) is 0. The number of carbonyl (C=O) groups is 3. The maximum atomic E-state index is 12.7. The van der Waals surface area contributed by atoms with Gasteiger partial charge in [-0.15, -0.1) is 0 Å². The van der Waals surface area contributed by atoms with Crippen molar-refractivity contribution in [2.75, 3.05) is 52.8 Å². The van der Waals surface area contributed by atoms with Gasteiger partial charge in [-0.05, 0) is 84.4 Å². The number of hydrogen-bond donors (Lipinski definition) is 2. The van der Waals surface area contributed by atoms with E-state index in [0.717, 1.165) is 32.1 Å². The van der Waals surface area contributed by atoms with Crippen LogP contribution in [0.3, 0.4) is 0 Å². The van der Waals surface area contributed by atoms with Crippen molar-refractivity contribution in [1.29, 1.82) is 0 Å². The fourth-order valence-corrected chi connectivity index (χ4v) is 8.98. The van der Waals surface area contributed by atoms with Gasteiger partial charge < -0.3 is 39.2 Å². The van der Waals surface area contributed by atoms with Gasteiger partial charge in [0, 0.05) is 13.0 Å². The molecule has 1 fully saturated rings. The Hall–Kier alpha value is -2.25. The van der Waals surface area contributed by atoms with E-state index in [1.54, 1.807) is 0 Å². The van der Waals surface area contributed by atoms with Crippen LogP contribution in [-0.2, 0) is 37.7 Å². The SMILES string of the molecule is C[C@H]1C=C2C=C[C@H](C)[C@H](CC[C@@H]3C[C@@H](O[Si](C)(C)C(C)(C)C)CC(=O)O3)[C@H]2[C@H](CC(C)(C)CNC(=O)COCCOCCOCCOC(N)=O)C1. The van der Waals surface area contributed by atoms with E-state index in [9.17, 15) is 14.4 Å². The Labute approximate surface area is 308 Å². The Morgan fingerprint density at radius 3 is 2.25 bits per heavy atom. The monoisotopic (exact) mass is 736 g/mol. The number of ether oxygens (including phenoxy) is 5. The van der Waals surface area contributed by atoms with Crippen LogP contribution in [0, 0.1) is 35.0 Å². The number of rotatable bonds is 20. The molecule has 0 aromatic carbocycles. The molecule has 11 nitrogen and oxygen atoms in total. The average molecular weight is 737 g/mol. The fraction of sp³-hybridized carbons (Fsp3) is 0.821. The number of esters is 1. The summed E-state index contributed by atoms with van der Waals surface area (Å²) in [6.07, 6.45) is 11.3. The summed E-state index contributed by atoms with van der Waals surface area (Å²) >= 11 is 0. The van der Waals surface area contributed by atoms with Crippen molar-refractivity contribution >= 4 is 26.3 Å². The molecule has 51 heavy (non-hydrogen) atoms. The lowest BCUT2D eigenvalue weighted by Crippen LogP contribution is -2.47. The van der Waals surface area contributed by atoms with Gasteiger partial charge in [-0.2, -0.15) is 0 Å². The molecule has 0 spiro atoms. The zero-order valence-electron chi connectivity index (χ0n) is 32.9. The van der Waals surface area contributed by atoms with Gasteiger partial charge in [0.15, 0.2) is 8.32 Å². The molecule has 292 valence electrons. The van der Waals surface area contributed by atoms with Crippen LogP contribution in [0.2, 0.25) is 18.1 Å². The number of fused-ring (bicyclic) bond motifs is 1. The predicted molar refractivity (Wildman–Crippen MR) is 200 cm³/mol. The van der Waals surface area contributed by atoms with E-state index in [4.69, 9.17) is 29.1 Å². The molecule has 0 aromatic rings. The normalized spacial score (nSPS) is 27.0. The maximum Gasteiger partial charge on any atom is 0.404 e. The van der Waals surface area contributed by atoms with Crippen LogP contribution in [0.4, 0.5) is 4.79 Å². The Morgan fingerprint density at radius 2 is 1.61 bits per heavy atom. The van der Waals surface area contributed by atoms with Crippen LogP contribution >= 0.6 is 0 Å². The second-order valence-corrected chi connectivity index (χ2v) is 22.0. The average Bonchev–Trinajstić information content (AvgIpc) is 3.01. The first-order chi connectivity index (χ1) is 23.9. The van der Waals surface area contributed by atoms with Crippen molar-refractivity contribution in [2.45, 2.75) is 117 Å². The molecule has 2 aliphatic carbocycles. The smallest absolute Gasteiger partial charge is 0.404 e.